The van der Waals surface area contributed by atoms with Crippen molar-refractivity contribution in [2.45, 2.75) is 57.7 Å². The highest BCUT2D eigenvalue weighted by atomic mass is 16.6. The first-order valence-electron chi connectivity index (χ1n) is 6.42. The van der Waals surface area contributed by atoms with Crippen LogP contribution in [0.3, 0.4) is 0 Å². The highest BCUT2D eigenvalue weighted by Gasteiger charge is 2.52. The van der Waals surface area contributed by atoms with Crippen molar-refractivity contribution in [2.24, 2.45) is 5.92 Å². The Hall–Kier alpha value is -1.26. The van der Waals surface area contributed by atoms with Gasteiger partial charge in [-0.25, -0.2) is 4.79 Å². The second kappa shape index (κ2) is 4.44. The number of ether oxygens (including phenoxy) is 2. The highest BCUT2D eigenvalue weighted by Crippen LogP contribution is 2.42. The summed E-state index contributed by atoms with van der Waals surface area (Å²) in [4.78, 5) is 25.5. The predicted molar refractivity (Wildman–Crippen MR) is 65.0 cm³/mol. The van der Waals surface area contributed by atoms with Crippen LogP contribution >= 0.6 is 0 Å². The number of carbonyl (C=O) groups excluding carboxylic acids is 2. The third-order valence-corrected chi connectivity index (χ3v) is 3.65. The Kier molecular flexibility index (Phi) is 3.25. The molecule has 5 heteroatoms. The molecule has 0 saturated carbocycles. The number of esters is 1. The number of hydrogen-bond acceptors (Lipinski definition) is 4. The van der Waals surface area contributed by atoms with Crippen molar-refractivity contribution >= 4 is 12.1 Å². The van der Waals surface area contributed by atoms with Gasteiger partial charge in [0.25, 0.3) is 0 Å². The maximum Gasteiger partial charge on any atom is 0.410 e. The normalized spacial score (nSPS) is 30.4. The molecule has 2 aliphatic rings. The minimum atomic E-state index is -0.500. The monoisotopic (exact) mass is 255 g/mol. The van der Waals surface area contributed by atoms with Gasteiger partial charge >= 0.3 is 12.1 Å². The minimum absolute atomic E-state index is 0.0442. The van der Waals surface area contributed by atoms with Crippen molar-refractivity contribution in [3.05, 3.63) is 0 Å². The first kappa shape index (κ1) is 13.2. The Labute approximate surface area is 107 Å². The molecule has 18 heavy (non-hydrogen) atoms. The summed E-state index contributed by atoms with van der Waals surface area (Å²) in [7, 11) is 1.39. The van der Waals surface area contributed by atoms with Crippen molar-refractivity contribution in [3.63, 3.8) is 0 Å². The SMILES string of the molecule is COC(=O)[C@@H]1C[C@H]2CC[C@H]1N2C(=O)OC(C)(C)C. The number of methoxy groups -OCH3 is 1. The van der Waals surface area contributed by atoms with Crippen molar-refractivity contribution in [3.8, 4) is 0 Å². The second-order valence-corrected chi connectivity index (χ2v) is 6.05. The summed E-state index contributed by atoms with van der Waals surface area (Å²) in [6.07, 6.45) is 2.22. The summed E-state index contributed by atoms with van der Waals surface area (Å²) in [6.45, 7) is 5.54. The van der Waals surface area contributed by atoms with Crippen LogP contribution in [0.15, 0.2) is 0 Å². The van der Waals surface area contributed by atoms with E-state index < -0.39 is 5.60 Å². The van der Waals surface area contributed by atoms with E-state index in [1.54, 1.807) is 4.90 Å². The van der Waals surface area contributed by atoms with Crippen LogP contribution in [0.1, 0.15) is 40.0 Å². The van der Waals surface area contributed by atoms with Gasteiger partial charge in [-0.1, -0.05) is 0 Å². The molecule has 3 atom stereocenters. The van der Waals surface area contributed by atoms with Crippen LogP contribution in [-0.2, 0) is 14.3 Å². The molecule has 2 saturated heterocycles. The lowest BCUT2D eigenvalue weighted by Gasteiger charge is -2.27. The Morgan fingerprint density at radius 2 is 1.89 bits per heavy atom. The lowest BCUT2D eigenvalue weighted by Crippen LogP contribution is -2.41. The van der Waals surface area contributed by atoms with Gasteiger partial charge in [-0.3, -0.25) is 4.79 Å². The summed E-state index contributed by atoms with van der Waals surface area (Å²) < 4.78 is 10.2. The first-order valence-corrected chi connectivity index (χ1v) is 6.42. The number of fused-ring (bicyclic) bond motifs is 2. The van der Waals surface area contributed by atoms with Gasteiger partial charge in [0, 0.05) is 12.1 Å². The molecule has 0 unspecified atom stereocenters. The number of carbonyl (C=O) groups is 2. The Balaban J connectivity index is 2.07. The fraction of sp³-hybridized carbons (Fsp3) is 0.846. The maximum absolute atomic E-state index is 12.1. The molecule has 2 bridgehead atoms. The molecule has 2 rings (SSSR count). The molecule has 0 N–H and O–H groups in total. The van der Waals surface area contributed by atoms with Gasteiger partial charge in [0.2, 0.25) is 0 Å². The topological polar surface area (TPSA) is 55.8 Å². The fourth-order valence-electron chi connectivity index (χ4n) is 2.99. The Bertz CT molecular complexity index is 360. The summed E-state index contributed by atoms with van der Waals surface area (Å²) in [5, 5.41) is 0. The molecule has 0 aromatic rings. The third kappa shape index (κ3) is 2.31. The van der Waals surface area contributed by atoms with E-state index in [0.29, 0.717) is 6.42 Å². The lowest BCUT2D eigenvalue weighted by molar-refractivity contribution is -0.146. The Morgan fingerprint density at radius 3 is 2.44 bits per heavy atom. The van der Waals surface area contributed by atoms with Crippen molar-refractivity contribution in [1.29, 1.82) is 0 Å². The van der Waals surface area contributed by atoms with E-state index in [4.69, 9.17) is 9.47 Å². The van der Waals surface area contributed by atoms with Crippen LogP contribution in [0.5, 0.6) is 0 Å². The van der Waals surface area contributed by atoms with Gasteiger partial charge in [0.1, 0.15) is 5.60 Å². The molecule has 0 aromatic heterocycles. The van der Waals surface area contributed by atoms with Crippen LogP contribution in [0.2, 0.25) is 0 Å². The minimum Gasteiger partial charge on any atom is -0.469 e. The largest absolute Gasteiger partial charge is 0.469 e. The average Bonchev–Trinajstić information content (AvgIpc) is 2.82. The summed E-state index contributed by atoms with van der Waals surface area (Å²) in [5.74, 6) is -0.392. The van der Waals surface area contributed by atoms with Crippen molar-refractivity contribution < 1.29 is 19.1 Å². The van der Waals surface area contributed by atoms with Crippen LogP contribution < -0.4 is 0 Å². The van der Waals surface area contributed by atoms with Gasteiger partial charge in [0.15, 0.2) is 0 Å². The number of amides is 1. The van der Waals surface area contributed by atoms with Gasteiger partial charge in [-0.05, 0) is 40.0 Å². The van der Waals surface area contributed by atoms with Crippen LogP contribution in [0.4, 0.5) is 4.79 Å². The highest BCUT2D eigenvalue weighted by molar-refractivity contribution is 5.77. The molecule has 5 nitrogen and oxygen atoms in total. The van der Waals surface area contributed by atoms with E-state index in [1.165, 1.54) is 7.11 Å². The Morgan fingerprint density at radius 1 is 1.22 bits per heavy atom. The average molecular weight is 255 g/mol. The number of rotatable bonds is 1. The van der Waals surface area contributed by atoms with Crippen molar-refractivity contribution in [1.82, 2.24) is 4.90 Å². The lowest BCUT2D eigenvalue weighted by atomic mass is 9.89. The summed E-state index contributed by atoms with van der Waals surface area (Å²) >= 11 is 0. The van der Waals surface area contributed by atoms with E-state index in [9.17, 15) is 9.59 Å². The molecular weight excluding hydrogens is 234 g/mol. The van der Waals surface area contributed by atoms with Gasteiger partial charge in [-0.15, -0.1) is 0 Å². The third-order valence-electron chi connectivity index (χ3n) is 3.65. The van der Waals surface area contributed by atoms with E-state index in [1.807, 2.05) is 20.8 Å². The van der Waals surface area contributed by atoms with E-state index >= 15 is 0 Å². The molecule has 1 amide bonds. The first-order chi connectivity index (χ1) is 8.33. The fourth-order valence-corrected chi connectivity index (χ4v) is 2.99. The summed E-state index contributed by atoms with van der Waals surface area (Å²) in [6, 6.07) is 0.0891. The quantitative estimate of drug-likeness (QED) is 0.672. The molecule has 2 aliphatic heterocycles. The van der Waals surface area contributed by atoms with Crippen molar-refractivity contribution in [2.75, 3.05) is 7.11 Å². The van der Waals surface area contributed by atoms with Crippen LogP contribution in [0, 0.1) is 5.92 Å². The zero-order valence-corrected chi connectivity index (χ0v) is 11.4. The maximum atomic E-state index is 12.1. The number of nitrogens with zero attached hydrogens (tertiary/aromatic N) is 1. The van der Waals surface area contributed by atoms with Gasteiger partial charge in [-0.2, -0.15) is 0 Å². The molecule has 0 spiro atoms. The molecule has 0 aromatic carbocycles. The number of hydrogen-bond donors (Lipinski definition) is 0. The van der Waals surface area contributed by atoms with Gasteiger partial charge < -0.3 is 14.4 Å². The summed E-state index contributed by atoms with van der Waals surface area (Å²) in [5.41, 5.74) is -0.500. The van der Waals surface area contributed by atoms with Crippen LogP contribution in [-0.4, -0.2) is 41.8 Å². The van der Waals surface area contributed by atoms with Gasteiger partial charge in [0.05, 0.1) is 13.0 Å². The predicted octanol–water partition coefficient (Wildman–Crippen LogP) is 1.95. The molecule has 102 valence electrons. The molecular formula is C13H21NO4. The molecule has 2 fully saturated rings. The molecule has 0 aliphatic carbocycles. The smallest absolute Gasteiger partial charge is 0.410 e. The standard InChI is InChI=1S/C13H21NO4/c1-13(2,3)18-12(16)14-8-5-6-10(14)9(7-8)11(15)17-4/h8-10H,5-7H2,1-4H3/t8-,9-,10-/m1/s1. The second-order valence-electron chi connectivity index (χ2n) is 6.05. The zero-order chi connectivity index (χ0) is 13.5. The van der Waals surface area contributed by atoms with E-state index in [-0.39, 0.29) is 30.1 Å². The van der Waals surface area contributed by atoms with Crippen LogP contribution in [0.25, 0.3) is 0 Å². The molecule has 0 radical (unpaired) electrons. The van der Waals surface area contributed by atoms with E-state index in [2.05, 4.69) is 0 Å². The molecule has 2 heterocycles. The van der Waals surface area contributed by atoms with E-state index in [0.717, 1.165) is 12.8 Å². The zero-order valence-electron chi connectivity index (χ0n) is 11.4.